The summed E-state index contributed by atoms with van der Waals surface area (Å²) in [6.45, 7) is 6.99. The molecule has 6 heteroatoms. The lowest BCUT2D eigenvalue weighted by Gasteiger charge is -2.33. The van der Waals surface area contributed by atoms with E-state index >= 15 is 0 Å². The number of carbonyl (C=O) groups excluding carboxylic acids is 1. The first-order valence-corrected chi connectivity index (χ1v) is 8.78. The fraction of sp³-hybridized carbons (Fsp3) is 0.579. The summed E-state index contributed by atoms with van der Waals surface area (Å²) in [5.74, 6) is 1.65. The van der Waals surface area contributed by atoms with Gasteiger partial charge < -0.3 is 19.7 Å². The molecule has 138 valence electrons. The summed E-state index contributed by atoms with van der Waals surface area (Å²) in [6.07, 6.45) is 1.60. The number of rotatable bonds is 5. The molecule has 25 heavy (non-hydrogen) atoms. The summed E-state index contributed by atoms with van der Waals surface area (Å²) in [7, 11) is 3.23. The van der Waals surface area contributed by atoms with Crippen LogP contribution in [0.5, 0.6) is 5.75 Å². The van der Waals surface area contributed by atoms with Gasteiger partial charge >= 0.3 is 5.97 Å². The fourth-order valence-electron chi connectivity index (χ4n) is 3.17. The summed E-state index contributed by atoms with van der Waals surface area (Å²) in [6, 6.07) is 6.21. The van der Waals surface area contributed by atoms with Crippen LogP contribution in [-0.4, -0.2) is 57.2 Å². The molecular weight excluding hydrogens is 318 g/mol. The third kappa shape index (κ3) is 5.66. The zero-order chi connectivity index (χ0) is 18.2. The Bertz CT molecular complexity index is 588. The lowest BCUT2D eigenvalue weighted by atomic mass is 9.97. The highest BCUT2D eigenvalue weighted by Crippen LogP contribution is 2.18. The molecule has 1 aromatic rings. The highest BCUT2D eigenvalue weighted by molar-refractivity contribution is 5.80. The average molecular weight is 347 g/mol. The molecule has 0 spiro atoms. The van der Waals surface area contributed by atoms with Crippen molar-refractivity contribution in [2.75, 3.05) is 40.4 Å². The highest BCUT2D eigenvalue weighted by Gasteiger charge is 2.26. The number of benzene rings is 1. The van der Waals surface area contributed by atoms with Crippen molar-refractivity contribution in [3.63, 3.8) is 0 Å². The molecule has 0 amide bonds. The van der Waals surface area contributed by atoms with E-state index in [4.69, 9.17) is 9.47 Å². The van der Waals surface area contributed by atoms with Gasteiger partial charge in [-0.1, -0.05) is 6.07 Å². The lowest BCUT2D eigenvalue weighted by molar-refractivity contribution is -0.146. The van der Waals surface area contributed by atoms with Gasteiger partial charge in [-0.25, -0.2) is 0 Å². The SMILES string of the molecule is CN=C(NCCOc1cc(C)cc(C)c1)N1CCC(C(=O)OC)CC1. The molecule has 0 radical (unpaired) electrons. The second-order valence-corrected chi connectivity index (χ2v) is 6.43. The largest absolute Gasteiger partial charge is 0.492 e. The summed E-state index contributed by atoms with van der Waals surface area (Å²) < 4.78 is 10.6. The van der Waals surface area contributed by atoms with Crippen molar-refractivity contribution in [1.29, 1.82) is 0 Å². The molecule has 0 aliphatic carbocycles. The molecule has 0 unspecified atom stereocenters. The monoisotopic (exact) mass is 347 g/mol. The minimum Gasteiger partial charge on any atom is -0.492 e. The summed E-state index contributed by atoms with van der Waals surface area (Å²) in [4.78, 5) is 18.1. The van der Waals surface area contributed by atoms with Crippen molar-refractivity contribution in [2.45, 2.75) is 26.7 Å². The number of carbonyl (C=O) groups is 1. The second-order valence-electron chi connectivity index (χ2n) is 6.43. The van der Waals surface area contributed by atoms with Crippen LogP contribution < -0.4 is 10.1 Å². The topological polar surface area (TPSA) is 63.2 Å². The number of guanidine groups is 1. The second kappa shape index (κ2) is 9.30. The van der Waals surface area contributed by atoms with Gasteiger partial charge in [0.05, 0.1) is 19.6 Å². The van der Waals surface area contributed by atoms with Crippen LogP contribution in [0.3, 0.4) is 0 Å². The van der Waals surface area contributed by atoms with Crippen molar-refractivity contribution in [3.05, 3.63) is 29.3 Å². The first kappa shape index (κ1) is 19.1. The third-order valence-corrected chi connectivity index (χ3v) is 4.39. The number of nitrogens with zero attached hydrogens (tertiary/aromatic N) is 2. The van der Waals surface area contributed by atoms with Gasteiger partial charge in [-0.2, -0.15) is 0 Å². The van der Waals surface area contributed by atoms with Gasteiger partial charge in [0.1, 0.15) is 12.4 Å². The Balaban J connectivity index is 1.75. The number of hydrogen-bond acceptors (Lipinski definition) is 4. The Labute approximate surface area is 150 Å². The first-order chi connectivity index (χ1) is 12.0. The number of esters is 1. The van der Waals surface area contributed by atoms with Gasteiger partial charge in [-0.15, -0.1) is 0 Å². The van der Waals surface area contributed by atoms with E-state index < -0.39 is 0 Å². The smallest absolute Gasteiger partial charge is 0.308 e. The predicted molar refractivity (Wildman–Crippen MR) is 99.1 cm³/mol. The number of aryl methyl sites for hydroxylation is 2. The Morgan fingerprint density at radius 2 is 1.88 bits per heavy atom. The minimum absolute atomic E-state index is 0.00671. The van der Waals surface area contributed by atoms with E-state index in [0.29, 0.717) is 13.2 Å². The Morgan fingerprint density at radius 3 is 2.44 bits per heavy atom. The van der Waals surface area contributed by atoms with Crippen molar-refractivity contribution >= 4 is 11.9 Å². The van der Waals surface area contributed by atoms with Crippen LogP contribution >= 0.6 is 0 Å². The van der Waals surface area contributed by atoms with Crippen LogP contribution in [0.4, 0.5) is 0 Å². The molecule has 1 aliphatic heterocycles. The van der Waals surface area contributed by atoms with Crippen LogP contribution in [0, 0.1) is 19.8 Å². The zero-order valence-electron chi connectivity index (χ0n) is 15.7. The number of aliphatic imine (C=N–C) groups is 1. The number of ether oxygens (including phenoxy) is 2. The van der Waals surface area contributed by atoms with E-state index in [-0.39, 0.29) is 11.9 Å². The van der Waals surface area contributed by atoms with E-state index in [9.17, 15) is 4.79 Å². The van der Waals surface area contributed by atoms with Gasteiger partial charge in [0, 0.05) is 20.1 Å². The Hall–Kier alpha value is -2.24. The maximum atomic E-state index is 11.6. The molecule has 1 N–H and O–H groups in total. The van der Waals surface area contributed by atoms with Crippen LogP contribution in [0.1, 0.15) is 24.0 Å². The summed E-state index contributed by atoms with van der Waals surface area (Å²) in [5, 5.41) is 3.33. The van der Waals surface area contributed by atoms with Crippen molar-refractivity contribution in [3.8, 4) is 5.75 Å². The number of likely N-dealkylation sites (tertiary alicyclic amines) is 1. The third-order valence-electron chi connectivity index (χ3n) is 4.39. The number of nitrogens with one attached hydrogen (secondary N) is 1. The molecule has 0 bridgehead atoms. The van der Waals surface area contributed by atoms with Crippen molar-refractivity contribution < 1.29 is 14.3 Å². The number of hydrogen-bond donors (Lipinski definition) is 1. The summed E-state index contributed by atoms with van der Waals surface area (Å²) in [5.41, 5.74) is 2.40. The Morgan fingerprint density at radius 1 is 1.24 bits per heavy atom. The van der Waals surface area contributed by atoms with Gasteiger partial charge in [0.25, 0.3) is 0 Å². The molecule has 1 aromatic carbocycles. The molecule has 1 aliphatic rings. The normalized spacial score (nSPS) is 15.8. The van der Waals surface area contributed by atoms with Crippen molar-refractivity contribution in [1.82, 2.24) is 10.2 Å². The van der Waals surface area contributed by atoms with Gasteiger partial charge in [-0.05, 0) is 49.9 Å². The van der Waals surface area contributed by atoms with Gasteiger partial charge in [0.2, 0.25) is 0 Å². The minimum atomic E-state index is -0.107. The van der Waals surface area contributed by atoms with Crippen LogP contribution in [0.2, 0.25) is 0 Å². The van der Waals surface area contributed by atoms with E-state index in [1.165, 1.54) is 18.2 Å². The molecule has 0 aromatic heterocycles. The maximum Gasteiger partial charge on any atom is 0.308 e. The maximum absolute atomic E-state index is 11.6. The van der Waals surface area contributed by atoms with E-state index in [1.54, 1.807) is 7.05 Å². The first-order valence-electron chi connectivity index (χ1n) is 8.78. The van der Waals surface area contributed by atoms with E-state index in [2.05, 4.69) is 35.1 Å². The van der Waals surface area contributed by atoms with Gasteiger partial charge in [-0.3, -0.25) is 9.79 Å². The van der Waals surface area contributed by atoms with E-state index in [1.807, 2.05) is 12.1 Å². The average Bonchev–Trinajstić information content (AvgIpc) is 2.60. The highest BCUT2D eigenvalue weighted by atomic mass is 16.5. The molecule has 6 nitrogen and oxygen atoms in total. The Kier molecular flexibility index (Phi) is 7.10. The van der Waals surface area contributed by atoms with Gasteiger partial charge in [0.15, 0.2) is 5.96 Å². The molecular formula is C19H29N3O3. The van der Waals surface area contributed by atoms with Crippen LogP contribution in [-0.2, 0) is 9.53 Å². The molecule has 2 rings (SSSR count). The van der Waals surface area contributed by atoms with Crippen LogP contribution in [0.25, 0.3) is 0 Å². The predicted octanol–water partition coefficient (Wildman–Crippen LogP) is 2.14. The summed E-state index contributed by atoms with van der Waals surface area (Å²) >= 11 is 0. The fourth-order valence-corrected chi connectivity index (χ4v) is 3.17. The molecule has 1 saturated heterocycles. The molecule has 0 atom stereocenters. The zero-order valence-corrected chi connectivity index (χ0v) is 15.7. The van der Waals surface area contributed by atoms with E-state index in [0.717, 1.165) is 37.6 Å². The molecule has 0 saturated carbocycles. The number of piperidine rings is 1. The van der Waals surface area contributed by atoms with Crippen molar-refractivity contribution in [2.24, 2.45) is 10.9 Å². The van der Waals surface area contributed by atoms with Crippen LogP contribution in [0.15, 0.2) is 23.2 Å². The standard InChI is InChI=1S/C19H29N3O3/c1-14-11-15(2)13-17(12-14)25-10-7-21-19(20-3)22-8-5-16(6-9-22)18(23)24-4/h11-13,16H,5-10H2,1-4H3,(H,20,21). The lowest BCUT2D eigenvalue weighted by Crippen LogP contribution is -2.47. The molecule has 1 heterocycles. The number of methoxy groups -OCH3 is 1. The quantitative estimate of drug-likeness (QED) is 0.383. The molecule has 1 fully saturated rings.